The summed E-state index contributed by atoms with van der Waals surface area (Å²) in [7, 11) is 0. The SMILES string of the molecule is CCCC=C(C)N. The highest BCUT2D eigenvalue weighted by Crippen LogP contribution is 1.89. The smallest absolute Gasteiger partial charge is 0.000832 e. The highest BCUT2D eigenvalue weighted by molar-refractivity contribution is 4.90. The standard InChI is InChI=1S/C6H13N/c1-3-4-5-6(2)7/h5H,3-4,7H2,1-2H3. The molecule has 42 valence electrons. The molecule has 2 N–H and O–H groups in total. The molecule has 0 aromatic carbocycles. The Hall–Kier alpha value is -0.460. The summed E-state index contributed by atoms with van der Waals surface area (Å²) in [5, 5.41) is 0. The van der Waals surface area contributed by atoms with E-state index in [0.717, 1.165) is 12.1 Å². The Labute approximate surface area is 45.2 Å². The Morgan fingerprint density at radius 2 is 2.29 bits per heavy atom. The van der Waals surface area contributed by atoms with Crippen molar-refractivity contribution in [2.75, 3.05) is 0 Å². The molecule has 0 aliphatic carbocycles. The average Bonchev–Trinajstić information content (AvgIpc) is 1.61. The molecule has 1 nitrogen and oxygen atoms in total. The van der Waals surface area contributed by atoms with E-state index in [-0.39, 0.29) is 0 Å². The Balaban J connectivity index is 3.08. The summed E-state index contributed by atoms with van der Waals surface area (Å²) < 4.78 is 0. The summed E-state index contributed by atoms with van der Waals surface area (Å²) in [6.07, 6.45) is 4.34. The van der Waals surface area contributed by atoms with E-state index in [1.165, 1.54) is 6.42 Å². The fraction of sp³-hybridized carbons (Fsp3) is 0.667. The van der Waals surface area contributed by atoms with Crippen LogP contribution in [0.4, 0.5) is 0 Å². The van der Waals surface area contributed by atoms with Gasteiger partial charge in [0, 0.05) is 5.70 Å². The normalized spacial score (nSPS) is 12.0. The largest absolute Gasteiger partial charge is 0.403 e. The third kappa shape index (κ3) is 5.54. The highest BCUT2D eigenvalue weighted by atomic mass is 14.5. The molecule has 0 aromatic rings. The van der Waals surface area contributed by atoms with E-state index in [1.807, 2.05) is 13.0 Å². The summed E-state index contributed by atoms with van der Waals surface area (Å²) in [6, 6.07) is 0. The maximum absolute atomic E-state index is 5.34. The van der Waals surface area contributed by atoms with Crippen molar-refractivity contribution in [1.29, 1.82) is 0 Å². The first kappa shape index (κ1) is 6.54. The second kappa shape index (κ2) is 3.72. The summed E-state index contributed by atoms with van der Waals surface area (Å²) in [5.41, 5.74) is 6.27. The van der Waals surface area contributed by atoms with Gasteiger partial charge in [0.05, 0.1) is 0 Å². The molecular formula is C6H13N. The molecule has 0 spiro atoms. The lowest BCUT2D eigenvalue weighted by Crippen LogP contribution is -1.88. The second-order valence-electron chi connectivity index (χ2n) is 1.74. The van der Waals surface area contributed by atoms with E-state index in [9.17, 15) is 0 Å². The molecule has 0 bridgehead atoms. The molecule has 0 radical (unpaired) electrons. The third-order valence-electron chi connectivity index (χ3n) is 0.755. The lowest BCUT2D eigenvalue weighted by molar-refractivity contribution is 0.945. The van der Waals surface area contributed by atoms with E-state index in [2.05, 4.69) is 6.92 Å². The van der Waals surface area contributed by atoms with Gasteiger partial charge in [0.25, 0.3) is 0 Å². The first-order chi connectivity index (χ1) is 3.27. The lowest BCUT2D eigenvalue weighted by Gasteiger charge is -1.85. The van der Waals surface area contributed by atoms with Gasteiger partial charge in [-0.05, 0) is 13.3 Å². The zero-order valence-corrected chi connectivity index (χ0v) is 5.07. The molecule has 0 rings (SSSR count). The Morgan fingerprint density at radius 1 is 1.71 bits per heavy atom. The van der Waals surface area contributed by atoms with Crippen LogP contribution in [0.3, 0.4) is 0 Å². The van der Waals surface area contributed by atoms with Crippen molar-refractivity contribution in [3.05, 3.63) is 11.8 Å². The van der Waals surface area contributed by atoms with Crippen molar-refractivity contribution >= 4 is 0 Å². The van der Waals surface area contributed by atoms with Crippen LogP contribution < -0.4 is 5.73 Å². The van der Waals surface area contributed by atoms with Crippen molar-refractivity contribution in [3.63, 3.8) is 0 Å². The van der Waals surface area contributed by atoms with Crippen LogP contribution in [0, 0.1) is 0 Å². The molecule has 0 unspecified atom stereocenters. The topological polar surface area (TPSA) is 26.0 Å². The first-order valence-electron chi connectivity index (χ1n) is 2.69. The highest BCUT2D eigenvalue weighted by Gasteiger charge is 1.73. The van der Waals surface area contributed by atoms with Crippen LogP contribution in [-0.4, -0.2) is 0 Å². The van der Waals surface area contributed by atoms with E-state index in [1.54, 1.807) is 0 Å². The minimum atomic E-state index is 0.932. The maximum atomic E-state index is 5.34. The number of rotatable bonds is 2. The van der Waals surface area contributed by atoms with Gasteiger partial charge in [-0.1, -0.05) is 19.4 Å². The quantitative estimate of drug-likeness (QED) is 0.559. The summed E-state index contributed by atoms with van der Waals surface area (Å²) in [5.74, 6) is 0. The zero-order valence-electron chi connectivity index (χ0n) is 5.07. The molecule has 0 fully saturated rings. The molecule has 0 aromatic heterocycles. The summed E-state index contributed by atoms with van der Waals surface area (Å²) >= 11 is 0. The number of nitrogens with two attached hydrogens (primary N) is 1. The van der Waals surface area contributed by atoms with Gasteiger partial charge in [-0.15, -0.1) is 0 Å². The van der Waals surface area contributed by atoms with E-state index >= 15 is 0 Å². The fourth-order valence-electron chi connectivity index (χ4n) is 0.372. The van der Waals surface area contributed by atoms with Gasteiger partial charge in [0.2, 0.25) is 0 Å². The molecule has 0 saturated carbocycles. The second-order valence-corrected chi connectivity index (χ2v) is 1.74. The van der Waals surface area contributed by atoms with Gasteiger partial charge < -0.3 is 5.73 Å². The monoisotopic (exact) mass is 99.1 g/mol. The molecule has 7 heavy (non-hydrogen) atoms. The molecule has 0 atom stereocenters. The first-order valence-corrected chi connectivity index (χ1v) is 2.69. The van der Waals surface area contributed by atoms with Crippen molar-refractivity contribution in [2.45, 2.75) is 26.7 Å². The predicted octanol–water partition coefficient (Wildman–Crippen LogP) is 1.65. The van der Waals surface area contributed by atoms with Gasteiger partial charge in [-0.25, -0.2) is 0 Å². The van der Waals surface area contributed by atoms with Crippen molar-refractivity contribution in [2.24, 2.45) is 5.73 Å². The van der Waals surface area contributed by atoms with E-state index in [4.69, 9.17) is 5.73 Å². The Bertz CT molecular complexity index is 60.6. The van der Waals surface area contributed by atoms with Crippen LogP contribution in [0.5, 0.6) is 0 Å². The van der Waals surface area contributed by atoms with Crippen molar-refractivity contribution < 1.29 is 0 Å². The lowest BCUT2D eigenvalue weighted by atomic mass is 10.3. The minimum Gasteiger partial charge on any atom is -0.403 e. The van der Waals surface area contributed by atoms with Crippen LogP contribution in [0.2, 0.25) is 0 Å². The van der Waals surface area contributed by atoms with Gasteiger partial charge in [-0.2, -0.15) is 0 Å². The van der Waals surface area contributed by atoms with Crippen LogP contribution in [0.15, 0.2) is 11.8 Å². The molecule has 0 aliphatic rings. The molecule has 0 saturated heterocycles. The summed E-state index contributed by atoms with van der Waals surface area (Å²) in [4.78, 5) is 0. The van der Waals surface area contributed by atoms with Gasteiger partial charge in [0.15, 0.2) is 0 Å². The average molecular weight is 99.2 g/mol. The Kier molecular flexibility index (Phi) is 3.48. The molecule has 0 aliphatic heterocycles. The van der Waals surface area contributed by atoms with E-state index in [0.29, 0.717) is 0 Å². The fourth-order valence-corrected chi connectivity index (χ4v) is 0.372. The Morgan fingerprint density at radius 3 is 2.43 bits per heavy atom. The predicted molar refractivity (Wildman–Crippen MR) is 32.9 cm³/mol. The van der Waals surface area contributed by atoms with Crippen LogP contribution >= 0.6 is 0 Å². The van der Waals surface area contributed by atoms with Crippen molar-refractivity contribution in [1.82, 2.24) is 0 Å². The van der Waals surface area contributed by atoms with Gasteiger partial charge in [-0.3, -0.25) is 0 Å². The van der Waals surface area contributed by atoms with Gasteiger partial charge in [0.1, 0.15) is 0 Å². The van der Waals surface area contributed by atoms with Crippen molar-refractivity contribution in [3.8, 4) is 0 Å². The zero-order chi connectivity index (χ0) is 5.70. The minimum absolute atomic E-state index is 0.932. The van der Waals surface area contributed by atoms with E-state index < -0.39 is 0 Å². The number of unbranched alkanes of at least 4 members (excludes halogenated alkanes) is 1. The van der Waals surface area contributed by atoms with Crippen LogP contribution in [0.25, 0.3) is 0 Å². The molecule has 1 heteroatoms. The van der Waals surface area contributed by atoms with Crippen LogP contribution in [-0.2, 0) is 0 Å². The maximum Gasteiger partial charge on any atom is 0.000832 e. The number of allylic oxidation sites excluding steroid dienone is 2. The molecular weight excluding hydrogens is 86.1 g/mol. The van der Waals surface area contributed by atoms with Gasteiger partial charge >= 0.3 is 0 Å². The molecule has 0 amide bonds. The number of hydrogen-bond acceptors (Lipinski definition) is 1. The van der Waals surface area contributed by atoms with Crippen LogP contribution in [0.1, 0.15) is 26.7 Å². The number of hydrogen-bond donors (Lipinski definition) is 1. The summed E-state index contributed by atoms with van der Waals surface area (Å²) in [6.45, 7) is 4.05. The third-order valence-corrected chi connectivity index (χ3v) is 0.755. The molecule has 0 heterocycles.